The van der Waals surface area contributed by atoms with Gasteiger partial charge in [0.25, 0.3) is 0 Å². The van der Waals surface area contributed by atoms with Crippen LogP contribution in [0, 0.1) is 0 Å². The van der Waals surface area contributed by atoms with Crippen LogP contribution in [-0.4, -0.2) is 27.5 Å². The molecule has 0 bridgehead atoms. The molecule has 1 fully saturated rings. The quantitative estimate of drug-likeness (QED) is 0.807. The summed E-state index contributed by atoms with van der Waals surface area (Å²) < 4.78 is 44.3. The molecule has 1 saturated heterocycles. The molecule has 1 aliphatic heterocycles. The number of imidazole rings is 1. The minimum Gasteiger partial charge on any atom is -0.306 e. The molecule has 4 rings (SSSR count). The molecule has 1 aromatic heterocycles. The lowest BCUT2D eigenvalue weighted by Crippen LogP contribution is -2.36. The maximum atomic E-state index is 12.6. The Kier molecular flexibility index (Phi) is 2.56. The van der Waals surface area contributed by atoms with E-state index >= 15 is 0 Å². The molecule has 0 amide bonds. The van der Waals surface area contributed by atoms with Crippen molar-refractivity contribution in [2.24, 2.45) is 0 Å². The summed E-state index contributed by atoms with van der Waals surface area (Å²) in [6.07, 6.45) is -4.61. The number of likely N-dealkylation sites (tertiary alicyclic amines) is 1. The summed E-state index contributed by atoms with van der Waals surface area (Å²) in [5, 5.41) is 0. The van der Waals surface area contributed by atoms with Gasteiger partial charge in [0.15, 0.2) is 0 Å². The van der Waals surface area contributed by atoms with E-state index in [9.17, 15) is 4.79 Å². The molecule has 1 aliphatic rings. The van der Waals surface area contributed by atoms with Crippen molar-refractivity contribution in [2.75, 3.05) is 13.1 Å². The van der Waals surface area contributed by atoms with Crippen LogP contribution < -0.4 is 5.69 Å². The first-order valence-electron chi connectivity index (χ1n) is 10.1. The van der Waals surface area contributed by atoms with Crippen molar-refractivity contribution in [3.05, 3.63) is 70.6 Å². The Labute approximate surface area is 142 Å². The number of hydrogen-bond donors (Lipinski definition) is 1. The lowest BCUT2D eigenvalue weighted by Gasteiger charge is -2.32. The molecule has 4 heteroatoms. The molecule has 23 heavy (non-hydrogen) atoms. The van der Waals surface area contributed by atoms with Gasteiger partial charge in [-0.2, -0.15) is 0 Å². The van der Waals surface area contributed by atoms with Gasteiger partial charge in [-0.05, 0) is 30.4 Å². The van der Waals surface area contributed by atoms with Crippen molar-refractivity contribution in [2.45, 2.75) is 25.3 Å². The molecule has 1 N–H and O–H groups in total. The van der Waals surface area contributed by atoms with Crippen LogP contribution in [0.4, 0.5) is 0 Å². The molecule has 2 heterocycles. The number of para-hydroxylation sites is 2. The normalized spacial score (nSPS) is 25.8. The Hall–Kier alpha value is -2.33. The van der Waals surface area contributed by atoms with Crippen molar-refractivity contribution in [3.8, 4) is 0 Å². The molecule has 0 aliphatic carbocycles. The zero-order valence-corrected chi connectivity index (χ0v) is 12.6. The topological polar surface area (TPSA) is 41.0 Å². The fourth-order valence-electron chi connectivity index (χ4n) is 2.88. The highest BCUT2D eigenvalue weighted by Gasteiger charge is 2.23. The molecule has 0 radical (unpaired) electrons. The third kappa shape index (κ3) is 2.82. The van der Waals surface area contributed by atoms with Crippen LogP contribution in [-0.2, 0) is 6.54 Å². The number of aromatic nitrogens is 2. The number of benzene rings is 2. The fraction of sp³-hybridized carbons (Fsp3) is 0.316. The first kappa shape index (κ1) is 9.73. The number of nitrogens with one attached hydrogen (secondary N) is 1. The monoisotopic (exact) mass is 312 g/mol. The van der Waals surface area contributed by atoms with E-state index in [0.29, 0.717) is 17.6 Å². The van der Waals surface area contributed by atoms with Gasteiger partial charge in [0.1, 0.15) is 0 Å². The van der Waals surface area contributed by atoms with Gasteiger partial charge in [0.2, 0.25) is 0 Å². The molecule has 4 nitrogen and oxygen atoms in total. The molecular formula is C19H21N3O. The van der Waals surface area contributed by atoms with E-state index in [1.165, 1.54) is 0 Å². The second kappa shape index (κ2) is 6.05. The number of hydrogen-bond acceptors (Lipinski definition) is 2. The van der Waals surface area contributed by atoms with Crippen LogP contribution in [0.3, 0.4) is 0 Å². The highest BCUT2D eigenvalue weighted by Crippen LogP contribution is 2.25. The second-order valence-electron chi connectivity index (χ2n) is 5.62. The Bertz CT molecular complexity index is 1040. The average Bonchev–Trinajstić information content (AvgIpc) is 2.96. The number of nitrogens with zero attached hydrogens (tertiary/aromatic N) is 2. The second-order valence-corrected chi connectivity index (χ2v) is 5.62. The van der Waals surface area contributed by atoms with Crippen LogP contribution in [0.5, 0.6) is 0 Å². The highest BCUT2D eigenvalue weighted by atomic mass is 16.1. The van der Waals surface area contributed by atoms with Crippen LogP contribution in [0.25, 0.3) is 11.0 Å². The van der Waals surface area contributed by atoms with Crippen molar-refractivity contribution in [1.29, 1.82) is 0 Å². The number of fused-ring (bicyclic) bond motifs is 1. The molecule has 0 saturated carbocycles. The zero-order valence-electron chi connectivity index (χ0n) is 17.6. The van der Waals surface area contributed by atoms with E-state index in [1.807, 2.05) is 30.3 Å². The van der Waals surface area contributed by atoms with Gasteiger partial charge >= 0.3 is 5.69 Å². The van der Waals surface area contributed by atoms with Gasteiger partial charge in [0, 0.05) is 31.1 Å². The summed E-state index contributed by atoms with van der Waals surface area (Å²) in [7, 11) is 0. The third-order valence-electron chi connectivity index (χ3n) is 4.00. The summed E-state index contributed by atoms with van der Waals surface area (Å²) in [6, 6.07) is 13.7. The van der Waals surface area contributed by atoms with Crippen molar-refractivity contribution >= 4 is 11.0 Å². The first-order valence-corrected chi connectivity index (χ1v) is 7.62. The van der Waals surface area contributed by atoms with Crippen LogP contribution in [0.1, 0.15) is 31.2 Å². The van der Waals surface area contributed by atoms with Crippen LogP contribution in [0.15, 0.2) is 59.4 Å². The Morgan fingerprint density at radius 3 is 2.57 bits per heavy atom. The highest BCUT2D eigenvalue weighted by molar-refractivity contribution is 5.75. The zero-order chi connectivity index (χ0) is 20.2. The van der Waals surface area contributed by atoms with Gasteiger partial charge in [-0.25, -0.2) is 4.79 Å². The van der Waals surface area contributed by atoms with Crippen molar-refractivity contribution in [1.82, 2.24) is 14.5 Å². The molecular weight excluding hydrogens is 286 g/mol. The molecule has 0 spiro atoms. The largest absolute Gasteiger partial charge is 0.326 e. The van der Waals surface area contributed by atoms with Gasteiger partial charge in [-0.1, -0.05) is 42.5 Å². The number of piperidine rings is 1. The fourth-order valence-corrected chi connectivity index (χ4v) is 2.88. The van der Waals surface area contributed by atoms with Crippen molar-refractivity contribution in [3.63, 3.8) is 0 Å². The van der Waals surface area contributed by atoms with Crippen LogP contribution in [0.2, 0.25) is 0 Å². The smallest absolute Gasteiger partial charge is 0.306 e. The lowest BCUT2D eigenvalue weighted by atomic mass is 10.0. The number of rotatable bonds is 3. The number of H-pyrrole nitrogens is 1. The van der Waals surface area contributed by atoms with Gasteiger partial charge < -0.3 is 4.98 Å². The first-order chi connectivity index (χ1) is 13.2. The van der Waals surface area contributed by atoms with E-state index in [4.69, 9.17) is 6.85 Å². The van der Waals surface area contributed by atoms with E-state index in [0.717, 1.165) is 10.1 Å². The average molecular weight is 312 g/mol. The minimum atomic E-state index is -2.41. The van der Waals surface area contributed by atoms with Gasteiger partial charge in [-0.3, -0.25) is 9.47 Å². The molecule has 2 aromatic carbocycles. The Balaban J connectivity index is 1.79. The van der Waals surface area contributed by atoms with E-state index < -0.39 is 24.5 Å². The summed E-state index contributed by atoms with van der Waals surface area (Å²) >= 11 is 0. The van der Waals surface area contributed by atoms with Gasteiger partial charge in [0.05, 0.1) is 12.4 Å². The standard InChI is InChI=1S/C19H21N3O/c23-19-20-17-8-4-5-9-18(17)22(19)16-10-12-21(13-11-16)14-15-6-2-1-3-7-15/h1-9,16H,10-14H2,(H,20,23)/i10D2,11D2,16D. The predicted molar refractivity (Wildman–Crippen MR) is 92.5 cm³/mol. The van der Waals surface area contributed by atoms with Crippen molar-refractivity contribution < 1.29 is 6.85 Å². The molecule has 0 unspecified atom stereocenters. The lowest BCUT2D eigenvalue weighted by molar-refractivity contribution is 0.180. The van der Waals surface area contributed by atoms with Crippen LogP contribution >= 0.6 is 0 Å². The molecule has 0 atom stereocenters. The minimum absolute atomic E-state index is 0.156. The van der Waals surface area contributed by atoms with Gasteiger partial charge in [-0.15, -0.1) is 0 Å². The molecule has 118 valence electrons. The maximum Gasteiger partial charge on any atom is 0.326 e. The molecule has 3 aromatic rings. The summed E-state index contributed by atoms with van der Waals surface area (Å²) in [6.45, 7) is 0.0619. The number of aromatic amines is 1. The van der Waals surface area contributed by atoms with E-state index in [-0.39, 0.29) is 13.1 Å². The van der Waals surface area contributed by atoms with E-state index in [2.05, 4.69) is 4.98 Å². The maximum absolute atomic E-state index is 12.6. The third-order valence-corrected chi connectivity index (χ3v) is 4.00. The summed E-state index contributed by atoms with van der Waals surface area (Å²) in [5.41, 5.74) is 1.04. The van der Waals surface area contributed by atoms with E-state index in [1.54, 1.807) is 29.2 Å². The predicted octanol–water partition coefficient (Wildman–Crippen LogP) is 3.17. The Morgan fingerprint density at radius 2 is 1.78 bits per heavy atom. The SMILES string of the molecule is [2H]C1([2H])CN(Cc2ccccc2)CC([2H])([2H])C1([2H])n1c(=O)[nH]c2ccccc21. The Morgan fingerprint density at radius 1 is 1.09 bits per heavy atom. The summed E-state index contributed by atoms with van der Waals surface area (Å²) in [5.74, 6) is 0. The summed E-state index contributed by atoms with van der Waals surface area (Å²) in [4.78, 5) is 16.9.